The average Bonchev–Trinajstić information content (AvgIpc) is 3.07. The normalized spacial score (nSPS) is 13.0. The molecule has 0 spiro atoms. The molecular formula is C19H20BrN3O5S. The van der Waals surface area contributed by atoms with Gasteiger partial charge in [-0.15, -0.1) is 0 Å². The van der Waals surface area contributed by atoms with Crippen molar-refractivity contribution < 1.29 is 22.7 Å². The lowest BCUT2D eigenvalue weighted by atomic mass is 10.1. The van der Waals surface area contributed by atoms with Crippen molar-refractivity contribution in [2.24, 2.45) is 5.10 Å². The van der Waals surface area contributed by atoms with E-state index in [9.17, 15) is 13.2 Å². The number of carbonyl (C=O) groups is 1. The largest absolute Gasteiger partial charge is 0.454 e. The molecule has 154 valence electrons. The van der Waals surface area contributed by atoms with E-state index in [1.807, 2.05) is 6.07 Å². The Kier molecular flexibility index (Phi) is 6.13. The quantitative estimate of drug-likeness (QED) is 0.505. The molecule has 1 aliphatic rings. The van der Waals surface area contributed by atoms with Crippen LogP contribution in [0.5, 0.6) is 11.5 Å². The number of benzene rings is 2. The summed E-state index contributed by atoms with van der Waals surface area (Å²) >= 11 is 3.40. The lowest BCUT2D eigenvalue weighted by molar-refractivity contribution is -0.119. The van der Waals surface area contributed by atoms with E-state index < -0.39 is 15.9 Å². The smallest absolute Gasteiger partial charge is 0.260 e. The number of nitrogens with zero attached hydrogens (tertiary/aromatic N) is 2. The van der Waals surface area contributed by atoms with Crippen LogP contribution in [-0.2, 0) is 14.8 Å². The molecule has 0 aliphatic carbocycles. The first kappa shape index (κ1) is 21.1. The molecule has 29 heavy (non-hydrogen) atoms. The Morgan fingerprint density at radius 1 is 1.24 bits per heavy atom. The molecule has 1 N–H and O–H groups in total. The molecule has 2 aromatic carbocycles. The fraction of sp³-hybridized carbons (Fsp3) is 0.263. The predicted molar refractivity (Wildman–Crippen MR) is 114 cm³/mol. The minimum absolute atomic E-state index is 0.152. The van der Waals surface area contributed by atoms with E-state index in [2.05, 4.69) is 26.5 Å². The third-order valence-electron chi connectivity index (χ3n) is 4.26. The van der Waals surface area contributed by atoms with E-state index in [0.29, 0.717) is 27.2 Å². The monoisotopic (exact) mass is 481 g/mol. The first-order chi connectivity index (χ1) is 13.7. The van der Waals surface area contributed by atoms with Crippen LogP contribution >= 0.6 is 15.9 Å². The van der Waals surface area contributed by atoms with Crippen molar-refractivity contribution in [3.8, 4) is 11.5 Å². The maximum atomic E-state index is 12.4. The van der Waals surface area contributed by atoms with Gasteiger partial charge in [-0.25, -0.2) is 13.8 Å². The number of ether oxygens (including phenoxy) is 2. The summed E-state index contributed by atoms with van der Waals surface area (Å²) in [4.78, 5) is 12.4. The molecule has 0 saturated carbocycles. The van der Waals surface area contributed by atoms with Crippen molar-refractivity contribution in [3.63, 3.8) is 0 Å². The molecule has 1 amide bonds. The minimum atomic E-state index is -3.67. The van der Waals surface area contributed by atoms with Crippen LogP contribution in [0.3, 0.4) is 0 Å². The second kappa shape index (κ2) is 8.42. The number of fused-ring (bicyclic) bond motifs is 1. The summed E-state index contributed by atoms with van der Waals surface area (Å²) in [5.74, 6) is 0.640. The summed E-state index contributed by atoms with van der Waals surface area (Å²) in [5, 5.41) is 3.93. The maximum Gasteiger partial charge on any atom is 0.260 e. The van der Waals surface area contributed by atoms with Crippen LogP contribution in [0.4, 0.5) is 5.69 Å². The Hall–Kier alpha value is -2.59. The van der Waals surface area contributed by atoms with E-state index in [1.54, 1.807) is 38.1 Å². The lowest BCUT2D eigenvalue weighted by Crippen LogP contribution is -2.39. The van der Waals surface area contributed by atoms with Crippen LogP contribution in [0.1, 0.15) is 16.7 Å². The van der Waals surface area contributed by atoms with Crippen LogP contribution in [0.2, 0.25) is 0 Å². The molecule has 0 atom stereocenters. The first-order valence-electron chi connectivity index (χ1n) is 8.62. The Labute approximate surface area is 177 Å². The zero-order valence-corrected chi connectivity index (χ0v) is 18.5. The number of anilines is 1. The molecule has 0 saturated heterocycles. The van der Waals surface area contributed by atoms with Gasteiger partial charge in [0.2, 0.25) is 16.8 Å². The minimum Gasteiger partial charge on any atom is -0.454 e. The molecule has 8 nitrogen and oxygen atoms in total. The first-order valence-corrected chi connectivity index (χ1v) is 11.3. The fourth-order valence-corrected chi connectivity index (χ4v) is 4.33. The fourth-order valence-electron chi connectivity index (χ4n) is 2.93. The van der Waals surface area contributed by atoms with Crippen molar-refractivity contribution in [2.45, 2.75) is 13.8 Å². The van der Waals surface area contributed by atoms with Gasteiger partial charge < -0.3 is 9.47 Å². The number of hydrazone groups is 1. The summed E-state index contributed by atoms with van der Waals surface area (Å²) < 4.78 is 37.0. The van der Waals surface area contributed by atoms with Gasteiger partial charge in [-0.3, -0.25) is 9.10 Å². The highest BCUT2D eigenvalue weighted by atomic mass is 79.9. The molecule has 0 fully saturated rings. The van der Waals surface area contributed by atoms with Crippen LogP contribution in [-0.4, -0.2) is 40.1 Å². The summed E-state index contributed by atoms with van der Waals surface area (Å²) in [6.45, 7) is 3.37. The zero-order valence-electron chi connectivity index (χ0n) is 16.1. The summed E-state index contributed by atoms with van der Waals surface area (Å²) in [5.41, 5.74) is 5.05. The number of halogens is 1. The van der Waals surface area contributed by atoms with Crippen LogP contribution < -0.4 is 19.2 Å². The van der Waals surface area contributed by atoms with Gasteiger partial charge in [0, 0.05) is 10.0 Å². The maximum absolute atomic E-state index is 12.4. The highest BCUT2D eigenvalue weighted by molar-refractivity contribution is 9.10. The van der Waals surface area contributed by atoms with Crippen molar-refractivity contribution in [1.82, 2.24) is 5.43 Å². The van der Waals surface area contributed by atoms with Crippen molar-refractivity contribution in [3.05, 3.63) is 51.5 Å². The van der Waals surface area contributed by atoms with Gasteiger partial charge in [-0.05, 0) is 53.0 Å². The molecule has 0 unspecified atom stereocenters. The van der Waals surface area contributed by atoms with Gasteiger partial charge in [-0.2, -0.15) is 5.10 Å². The molecule has 0 radical (unpaired) electrons. The van der Waals surface area contributed by atoms with Crippen molar-refractivity contribution >= 4 is 43.8 Å². The number of aryl methyl sites for hydroxylation is 2. The predicted octanol–water partition coefficient (Wildman–Crippen LogP) is 2.71. The molecule has 3 rings (SSSR count). The molecular weight excluding hydrogens is 462 g/mol. The van der Waals surface area contributed by atoms with Gasteiger partial charge in [0.25, 0.3) is 5.91 Å². The number of nitrogens with one attached hydrogen (secondary N) is 1. The second-order valence-corrected chi connectivity index (χ2v) is 9.29. The zero-order chi connectivity index (χ0) is 21.2. The summed E-state index contributed by atoms with van der Waals surface area (Å²) in [7, 11) is -3.67. The molecule has 1 heterocycles. The summed E-state index contributed by atoms with van der Waals surface area (Å²) in [6.07, 6.45) is 2.51. The Bertz CT molecular complexity index is 1070. The number of para-hydroxylation sites is 1. The molecule has 0 bridgehead atoms. The third kappa shape index (κ3) is 4.88. The van der Waals surface area contributed by atoms with Gasteiger partial charge in [0.1, 0.15) is 6.54 Å². The molecule has 0 aromatic heterocycles. The Balaban J connectivity index is 1.74. The van der Waals surface area contributed by atoms with Gasteiger partial charge in [0.05, 0.1) is 18.2 Å². The second-order valence-electron chi connectivity index (χ2n) is 6.53. The summed E-state index contributed by atoms with van der Waals surface area (Å²) in [6, 6.07) is 8.91. The highest BCUT2D eigenvalue weighted by Crippen LogP contribution is 2.36. The number of rotatable bonds is 6. The van der Waals surface area contributed by atoms with E-state index in [4.69, 9.17) is 9.47 Å². The average molecular weight is 482 g/mol. The van der Waals surface area contributed by atoms with E-state index >= 15 is 0 Å². The number of hydrogen-bond acceptors (Lipinski definition) is 6. The lowest BCUT2D eigenvalue weighted by Gasteiger charge is -2.25. The van der Waals surface area contributed by atoms with Gasteiger partial charge in [-0.1, -0.05) is 18.2 Å². The SMILES string of the molecule is Cc1cccc(C)c1N(CC(=O)N/N=C\c1cc2c(cc1Br)OCO2)S(C)(=O)=O. The Morgan fingerprint density at radius 2 is 1.86 bits per heavy atom. The van der Waals surface area contributed by atoms with Gasteiger partial charge in [0.15, 0.2) is 11.5 Å². The number of hydrogen-bond donors (Lipinski definition) is 1. The molecule has 2 aromatic rings. The topological polar surface area (TPSA) is 97.3 Å². The van der Waals surface area contributed by atoms with E-state index in [1.165, 1.54) is 6.21 Å². The van der Waals surface area contributed by atoms with E-state index in [0.717, 1.165) is 21.7 Å². The molecule has 1 aliphatic heterocycles. The number of amides is 1. The van der Waals surface area contributed by atoms with Gasteiger partial charge >= 0.3 is 0 Å². The number of sulfonamides is 1. The van der Waals surface area contributed by atoms with Crippen molar-refractivity contribution in [2.75, 3.05) is 23.9 Å². The molecule has 10 heteroatoms. The highest BCUT2D eigenvalue weighted by Gasteiger charge is 2.23. The number of carbonyl (C=O) groups excluding carboxylic acids is 1. The van der Waals surface area contributed by atoms with Crippen LogP contribution in [0.25, 0.3) is 0 Å². The van der Waals surface area contributed by atoms with E-state index in [-0.39, 0.29) is 13.3 Å². The van der Waals surface area contributed by atoms with Crippen LogP contribution in [0.15, 0.2) is 39.9 Å². The Morgan fingerprint density at radius 3 is 2.48 bits per heavy atom. The van der Waals surface area contributed by atoms with Crippen LogP contribution in [0, 0.1) is 13.8 Å². The van der Waals surface area contributed by atoms with Crippen molar-refractivity contribution in [1.29, 1.82) is 0 Å². The third-order valence-corrected chi connectivity index (χ3v) is 6.06. The standard InChI is InChI=1S/C19H20BrN3O5S/c1-12-5-4-6-13(2)19(12)23(29(3,25)26)10-18(24)22-21-9-14-7-16-17(8-15(14)20)28-11-27-16/h4-9H,10-11H2,1-3H3,(H,22,24)/b21-9-.